The Morgan fingerprint density at radius 3 is 2.68 bits per heavy atom. The topological polar surface area (TPSA) is 54.9 Å². The highest BCUT2D eigenvalue weighted by Gasteiger charge is 2.22. The van der Waals surface area contributed by atoms with Crippen molar-refractivity contribution in [1.82, 2.24) is 14.8 Å². The molecule has 4 rings (SSSR count). The molecule has 162 valence electrons. The molecular formula is C24H27N3O3S. The van der Waals surface area contributed by atoms with Crippen molar-refractivity contribution in [2.45, 2.75) is 13.5 Å². The molecule has 1 aliphatic heterocycles. The minimum atomic E-state index is -0.000722. The lowest BCUT2D eigenvalue weighted by molar-refractivity contribution is -0.135. The number of nitrogens with zero attached hydrogens (tertiary/aromatic N) is 3. The lowest BCUT2D eigenvalue weighted by Crippen LogP contribution is -2.49. The lowest BCUT2D eigenvalue weighted by Gasteiger charge is -2.34. The predicted molar refractivity (Wildman–Crippen MR) is 125 cm³/mol. The number of piperazine rings is 1. The van der Waals surface area contributed by atoms with Gasteiger partial charge in [-0.1, -0.05) is 30.4 Å². The Morgan fingerprint density at radius 1 is 1.13 bits per heavy atom. The van der Waals surface area contributed by atoms with Gasteiger partial charge in [-0.3, -0.25) is 9.69 Å². The van der Waals surface area contributed by atoms with Crippen molar-refractivity contribution < 1.29 is 14.3 Å². The fourth-order valence-electron chi connectivity index (χ4n) is 3.66. The number of hydrogen-bond donors (Lipinski definition) is 0. The second-order valence-corrected chi connectivity index (χ2v) is 8.55. The van der Waals surface area contributed by atoms with Gasteiger partial charge in [0.25, 0.3) is 5.91 Å². The number of fused-ring (bicyclic) bond motifs is 1. The molecular weight excluding hydrogens is 410 g/mol. The summed E-state index contributed by atoms with van der Waals surface area (Å²) in [5.74, 6) is 1.21. The number of aromatic nitrogens is 1. The molecule has 3 aromatic rings. The number of para-hydroxylation sites is 1. The van der Waals surface area contributed by atoms with Crippen molar-refractivity contribution in [3.05, 3.63) is 59.1 Å². The van der Waals surface area contributed by atoms with Gasteiger partial charge in [0.05, 0.1) is 23.9 Å². The van der Waals surface area contributed by atoms with Crippen LogP contribution in [0.15, 0.2) is 48.5 Å². The van der Waals surface area contributed by atoms with Gasteiger partial charge in [-0.05, 0) is 36.8 Å². The summed E-state index contributed by atoms with van der Waals surface area (Å²) in [6.45, 7) is 5.88. The number of benzene rings is 2. The third-order valence-corrected chi connectivity index (χ3v) is 6.34. The zero-order valence-corrected chi connectivity index (χ0v) is 18.7. The van der Waals surface area contributed by atoms with E-state index in [-0.39, 0.29) is 12.5 Å². The number of methoxy groups -OCH3 is 1. The molecule has 1 aliphatic rings. The van der Waals surface area contributed by atoms with Crippen LogP contribution in [-0.4, -0.2) is 60.6 Å². The SMILES string of the molecule is C/C=C/c1ccc(OCC(=O)N2CCN(Cc3nc4ccccc4s3)CC2)c(OC)c1. The maximum absolute atomic E-state index is 12.6. The molecule has 0 bridgehead atoms. The number of rotatable bonds is 7. The summed E-state index contributed by atoms with van der Waals surface area (Å²) >= 11 is 1.74. The number of allylic oxidation sites excluding steroid dienone is 1. The number of amides is 1. The van der Waals surface area contributed by atoms with Crippen LogP contribution in [0.25, 0.3) is 16.3 Å². The largest absolute Gasteiger partial charge is 0.493 e. The van der Waals surface area contributed by atoms with E-state index in [9.17, 15) is 4.79 Å². The quantitative estimate of drug-likeness (QED) is 0.558. The first-order chi connectivity index (χ1) is 15.2. The molecule has 0 N–H and O–H groups in total. The number of hydrogen-bond acceptors (Lipinski definition) is 6. The third-order valence-electron chi connectivity index (χ3n) is 5.32. The number of thiazole rings is 1. The molecule has 1 fully saturated rings. The zero-order chi connectivity index (χ0) is 21.6. The molecule has 0 radical (unpaired) electrons. The third kappa shape index (κ3) is 5.24. The van der Waals surface area contributed by atoms with Crippen LogP contribution in [0.3, 0.4) is 0 Å². The molecule has 7 heteroatoms. The van der Waals surface area contributed by atoms with E-state index in [0.29, 0.717) is 24.6 Å². The lowest BCUT2D eigenvalue weighted by atomic mass is 10.2. The summed E-state index contributed by atoms with van der Waals surface area (Å²) in [6.07, 6.45) is 3.96. The predicted octanol–water partition coefficient (Wildman–Crippen LogP) is 4.06. The summed E-state index contributed by atoms with van der Waals surface area (Å²) in [7, 11) is 1.61. The standard InChI is InChI=1S/C24H27N3O3S/c1-3-6-18-9-10-20(21(15-18)29-2)30-17-24(28)27-13-11-26(12-14-27)16-23-25-19-7-4-5-8-22(19)31-23/h3-10,15H,11-14,16-17H2,1-2H3/b6-3+. The van der Waals surface area contributed by atoms with Gasteiger partial charge in [-0.2, -0.15) is 0 Å². The van der Waals surface area contributed by atoms with Crippen molar-refractivity contribution in [2.75, 3.05) is 39.9 Å². The van der Waals surface area contributed by atoms with Crippen molar-refractivity contribution in [2.24, 2.45) is 0 Å². The van der Waals surface area contributed by atoms with E-state index in [1.165, 1.54) is 4.70 Å². The van der Waals surface area contributed by atoms with E-state index >= 15 is 0 Å². The van der Waals surface area contributed by atoms with Crippen LogP contribution in [0.1, 0.15) is 17.5 Å². The average Bonchev–Trinajstić information content (AvgIpc) is 3.21. The van der Waals surface area contributed by atoms with Gasteiger partial charge in [0.1, 0.15) is 5.01 Å². The van der Waals surface area contributed by atoms with Crippen LogP contribution in [0.2, 0.25) is 0 Å². The molecule has 0 aliphatic carbocycles. The Bertz CT molecular complexity index is 1040. The van der Waals surface area contributed by atoms with Crippen molar-refractivity contribution >= 4 is 33.5 Å². The molecule has 1 amide bonds. The van der Waals surface area contributed by atoms with Crippen LogP contribution in [0.5, 0.6) is 11.5 Å². The minimum absolute atomic E-state index is 0.000722. The van der Waals surface area contributed by atoms with Gasteiger partial charge in [-0.15, -0.1) is 11.3 Å². The Morgan fingerprint density at radius 2 is 1.94 bits per heavy atom. The van der Waals surface area contributed by atoms with Gasteiger partial charge in [0, 0.05) is 26.2 Å². The molecule has 1 aromatic heterocycles. The summed E-state index contributed by atoms with van der Waals surface area (Å²) in [5.41, 5.74) is 2.09. The molecule has 2 heterocycles. The average molecular weight is 438 g/mol. The van der Waals surface area contributed by atoms with Crippen LogP contribution in [0.4, 0.5) is 0 Å². The van der Waals surface area contributed by atoms with Gasteiger partial charge < -0.3 is 14.4 Å². The fraction of sp³-hybridized carbons (Fsp3) is 0.333. The monoisotopic (exact) mass is 437 g/mol. The molecule has 31 heavy (non-hydrogen) atoms. The van der Waals surface area contributed by atoms with Gasteiger partial charge in [0.15, 0.2) is 18.1 Å². The molecule has 6 nitrogen and oxygen atoms in total. The van der Waals surface area contributed by atoms with Crippen molar-refractivity contribution in [1.29, 1.82) is 0 Å². The first-order valence-electron chi connectivity index (χ1n) is 10.4. The van der Waals surface area contributed by atoms with E-state index in [2.05, 4.69) is 17.0 Å². The zero-order valence-electron chi connectivity index (χ0n) is 17.9. The first-order valence-corrected chi connectivity index (χ1v) is 11.3. The molecule has 2 aromatic carbocycles. The minimum Gasteiger partial charge on any atom is -0.493 e. The van der Waals surface area contributed by atoms with Crippen molar-refractivity contribution in [3.63, 3.8) is 0 Å². The smallest absolute Gasteiger partial charge is 0.260 e. The summed E-state index contributed by atoms with van der Waals surface area (Å²) in [5, 5.41) is 1.12. The van der Waals surface area contributed by atoms with Crippen LogP contribution >= 0.6 is 11.3 Å². The Balaban J connectivity index is 1.27. The highest BCUT2D eigenvalue weighted by molar-refractivity contribution is 7.18. The maximum atomic E-state index is 12.6. The maximum Gasteiger partial charge on any atom is 0.260 e. The summed E-state index contributed by atoms with van der Waals surface area (Å²) in [4.78, 5) is 21.6. The molecule has 0 atom stereocenters. The van der Waals surface area contributed by atoms with Crippen LogP contribution in [0, 0.1) is 0 Å². The Hall–Kier alpha value is -2.90. The molecule has 0 saturated carbocycles. The normalized spacial score (nSPS) is 15.0. The van der Waals surface area contributed by atoms with E-state index in [4.69, 9.17) is 14.5 Å². The fourth-order valence-corrected chi connectivity index (χ4v) is 4.67. The molecule has 0 spiro atoms. The second-order valence-electron chi connectivity index (χ2n) is 7.43. The number of carbonyl (C=O) groups excluding carboxylic acids is 1. The highest BCUT2D eigenvalue weighted by Crippen LogP contribution is 2.28. The van der Waals surface area contributed by atoms with Crippen molar-refractivity contribution in [3.8, 4) is 11.5 Å². The van der Waals surface area contributed by atoms with Gasteiger partial charge >= 0.3 is 0 Å². The Labute approximate surface area is 186 Å². The summed E-state index contributed by atoms with van der Waals surface area (Å²) in [6, 6.07) is 13.9. The van der Waals surface area contributed by atoms with Crippen LogP contribution < -0.4 is 9.47 Å². The van der Waals surface area contributed by atoms with E-state index in [1.54, 1.807) is 18.4 Å². The second kappa shape index (κ2) is 9.94. The molecule has 1 saturated heterocycles. The van der Waals surface area contributed by atoms with Crippen LogP contribution in [-0.2, 0) is 11.3 Å². The number of carbonyl (C=O) groups is 1. The number of ether oxygens (including phenoxy) is 2. The molecule has 0 unspecified atom stereocenters. The van der Waals surface area contributed by atoms with E-state index in [0.717, 1.165) is 35.7 Å². The van der Waals surface area contributed by atoms with Gasteiger partial charge in [0.2, 0.25) is 0 Å². The first kappa shape index (κ1) is 21.3. The summed E-state index contributed by atoms with van der Waals surface area (Å²) < 4.78 is 12.4. The van der Waals surface area contributed by atoms with Gasteiger partial charge in [-0.25, -0.2) is 4.98 Å². The highest BCUT2D eigenvalue weighted by atomic mass is 32.1. The van der Waals surface area contributed by atoms with E-state index in [1.807, 2.05) is 54.3 Å². The Kier molecular flexibility index (Phi) is 6.84. The van der Waals surface area contributed by atoms with E-state index < -0.39 is 0 Å².